The monoisotopic (exact) mass is 551 g/mol. The maximum Gasteiger partial charge on any atom is 0.243 e. The van der Waals surface area contributed by atoms with Crippen LogP contribution in [0.25, 0.3) is 11.3 Å². The molecule has 2 aromatic carbocycles. The second-order valence-corrected chi connectivity index (χ2v) is 11.7. The summed E-state index contributed by atoms with van der Waals surface area (Å²) in [6, 6.07) is 18.0. The number of hydrogen-bond acceptors (Lipinski definition) is 7. The molecule has 10 heteroatoms. The van der Waals surface area contributed by atoms with Gasteiger partial charge in [0.05, 0.1) is 24.2 Å². The number of sulfonamides is 1. The van der Waals surface area contributed by atoms with Crippen molar-refractivity contribution in [2.45, 2.75) is 44.6 Å². The van der Waals surface area contributed by atoms with E-state index < -0.39 is 10.0 Å². The van der Waals surface area contributed by atoms with Gasteiger partial charge >= 0.3 is 0 Å². The van der Waals surface area contributed by atoms with Crippen LogP contribution in [0.2, 0.25) is 0 Å². The van der Waals surface area contributed by atoms with E-state index in [1.165, 1.54) is 29.1 Å². The number of carbonyl (C=O) groups excluding carboxylic acids is 1. The number of anilines is 1. The van der Waals surface area contributed by atoms with E-state index in [9.17, 15) is 13.2 Å². The van der Waals surface area contributed by atoms with E-state index in [2.05, 4.69) is 27.2 Å². The molecule has 0 saturated carbocycles. The first-order valence-corrected chi connectivity index (χ1v) is 14.8. The predicted molar refractivity (Wildman–Crippen MR) is 152 cm³/mol. The summed E-state index contributed by atoms with van der Waals surface area (Å²) >= 11 is 0. The van der Waals surface area contributed by atoms with Crippen LogP contribution in [0.3, 0.4) is 0 Å². The molecule has 4 rings (SSSR count). The van der Waals surface area contributed by atoms with Gasteiger partial charge in [0, 0.05) is 37.8 Å². The van der Waals surface area contributed by atoms with E-state index in [0.717, 1.165) is 30.0 Å². The zero-order valence-electron chi connectivity index (χ0n) is 23.1. The fourth-order valence-electron chi connectivity index (χ4n) is 4.57. The van der Waals surface area contributed by atoms with E-state index >= 15 is 0 Å². The lowest BCUT2D eigenvalue weighted by molar-refractivity contribution is -0.131. The highest BCUT2D eigenvalue weighted by Crippen LogP contribution is 2.23. The lowest BCUT2D eigenvalue weighted by Gasteiger charge is -2.30. The number of hydrogen-bond donors (Lipinski definition) is 0. The Hall–Kier alpha value is -3.50. The number of aryl methyl sites for hydroxylation is 1. The third kappa shape index (κ3) is 6.75. The Balaban J connectivity index is 1.42. The van der Waals surface area contributed by atoms with Crippen LogP contribution >= 0.6 is 0 Å². The summed E-state index contributed by atoms with van der Waals surface area (Å²) in [4.78, 5) is 17.4. The van der Waals surface area contributed by atoms with Gasteiger partial charge in [-0.2, -0.15) is 4.31 Å². The van der Waals surface area contributed by atoms with E-state index in [0.29, 0.717) is 31.8 Å². The molecule has 1 saturated heterocycles. The molecule has 9 nitrogen and oxygen atoms in total. The SMILES string of the molecule is CCC(C)N(CC(=O)N1CCCN(c2ccc(-c3ccc(C)cc3)nn2)CC1)S(=O)(=O)c1ccc(OC)cc1. The molecule has 208 valence electrons. The van der Waals surface area contributed by atoms with Crippen molar-refractivity contribution in [2.75, 3.05) is 44.7 Å². The van der Waals surface area contributed by atoms with E-state index in [-0.39, 0.29) is 23.4 Å². The molecule has 1 fully saturated rings. The van der Waals surface area contributed by atoms with Crippen molar-refractivity contribution in [3.63, 3.8) is 0 Å². The Morgan fingerprint density at radius 2 is 1.69 bits per heavy atom. The number of benzene rings is 2. The molecule has 1 aliphatic heterocycles. The maximum absolute atomic E-state index is 13.5. The van der Waals surface area contributed by atoms with Gasteiger partial charge in [-0.1, -0.05) is 36.8 Å². The Morgan fingerprint density at radius 3 is 2.31 bits per heavy atom. The van der Waals surface area contributed by atoms with Crippen molar-refractivity contribution < 1.29 is 17.9 Å². The summed E-state index contributed by atoms with van der Waals surface area (Å²) < 4.78 is 33.5. The Morgan fingerprint density at radius 1 is 0.974 bits per heavy atom. The molecule has 0 aliphatic carbocycles. The van der Waals surface area contributed by atoms with E-state index in [1.54, 1.807) is 17.0 Å². The van der Waals surface area contributed by atoms with Crippen LogP contribution in [0, 0.1) is 6.92 Å². The summed E-state index contributed by atoms with van der Waals surface area (Å²) in [5, 5.41) is 8.87. The van der Waals surface area contributed by atoms with Crippen molar-refractivity contribution in [3.05, 3.63) is 66.2 Å². The maximum atomic E-state index is 13.5. The van der Waals surface area contributed by atoms with Gasteiger partial charge < -0.3 is 14.5 Å². The highest BCUT2D eigenvalue weighted by atomic mass is 32.2. The van der Waals surface area contributed by atoms with Crippen LogP contribution in [-0.2, 0) is 14.8 Å². The molecular formula is C29H37N5O4S. The first kappa shape index (κ1) is 28.5. The molecule has 1 amide bonds. The van der Waals surface area contributed by atoms with Crippen LogP contribution in [0.5, 0.6) is 5.75 Å². The number of aromatic nitrogens is 2. The number of nitrogens with zero attached hydrogens (tertiary/aromatic N) is 5. The van der Waals surface area contributed by atoms with Gasteiger partial charge in [-0.05, 0) is 63.1 Å². The topological polar surface area (TPSA) is 95.9 Å². The van der Waals surface area contributed by atoms with Gasteiger partial charge in [0.15, 0.2) is 5.82 Å². The van der Waals surface area contributed by atoms with Gasteiger partial charge in [0.25, 0.3) is 0 Å². The third-order valence-corrected chi connectivity index (χ3v) is 9.18. The van der Waals surface area contributed by atoms with Gasteiger partial charge in [-0.3, -0.25) is 4.79 Å². The van der Waals surface area contributed by atoms with Gasteiger partial charge in [-0.25, -0.2) is 8.42 Å². The molecule has 1 atom stereocenters. The van der Waals surface area contributed by atoms with Gasteiger partial charge in [0.1, 0.15) is 5.75 Å². The highest BCUT2D eigenvalue weighted by Gasteiger charge is 2.32. The summed E-state index contributed by atoms with van der Waals surface area (Å²) in [5.74, 6) is 1.14. The number of amides is 1. The highest BCUT2D eigenvalue weighted by molar-refractivity contribution is 7.89. The fourth-order valence-corrected chi connectivity index (χ4v) is 6.22. The van der Waals surface area contributed by atoms with Crippen LogP contribution < -0.4 is 9.64 Å². The minimum absolute atomic E-state index is 0.145. The first-order chi connectivity index (χ1) is 18.7. The molecule has 0 radical (unpaired) electrons. The van der Waals surface area contributed by atoms with Gasteiger partial charge in [-0.15, -0.1) is 10.2 Å². The largest absolute Gasteiger partial charge is 0.497 e. The van der Waals surface area contributed by atoms with E-state index in [4.69, 9.17) is 4.74 Å². The van der Waals surface area contributed by atoms with Crippen LogP contribution in [-0.4, -0.2) is 79.6 Å². The number of carbonyl (C=O) groups is 1. The van der Waals surface area contributed by atoms with Crippen molar-refractivity contribution in [3.8, 4) is 17.0 Å². The molecule has 1 unspecified atom stereocenters. The number of methoxy groups -OCH3 is 1. The molecule has 1 aromatic heterocycles. The average molecular weight is 552 g/mol. The quantitative estimate of drug-likeness (QED) is 0.397. The zero-order chi connectivity index (χ0) is 28.0. The average Bonchev–Trinajstić information content (AvgIpc) is 3.22. The molecule has 0 spiro atoms. The molecule has 0 N–H and O–H groups in total. The summed E-state index contributed by atoms with van der Waals surface area (Å²) in [5.41, 5.74) is 3.02. The van der Waals surface area contributed by atoms with Crippen LogP contribution in [0.15, 0.2) is 65.6 Å². The Labute approximate surface area is 231 Å². The minimum Gasteiger partial charge on any atom is -0.497 e. The lowest BCUT2D eigenvalue weighted by atomic mass is 10.1. The normalized spacial score (nSPS) is 15.2. The smallest absolute Gasteiger partial charge is 0.243 e. The first-order valence-electron chi connectivity index (χ1n) is 13.3. The number of ether oxygens (including phenoxy) is 1. The molecule has 0 bridgehead atoms. The van der Waals surface area contributed by atoms with Crippen molar-refractivity contribution in [1.29, 1.82) is 0 Å². The second kappa shape index (κ2) is 12.6. The predicted octanol–water partition coefficient (Wildman–Crippen LogP) is 3.99. The van der Waals surface area contributed by atoms with Crippen LogP contribution in [0.4, 0.5) is 5.82 Å². The minimum atomic E-state index is -3.86. The molecule has 3 aromatic rings. The molecule has 1 aliphatic rings. The number of rotatable bonds is 9. The zero-order valence-corrected chi connectivity index (χ0v) is 23.9. The summed E-state index contributed by atoms with van der Waals surface area (Å²) in [7, 11) is -2.33. The summed E-state index contributed by atoms with van der Waals surface area (Å²) in [6.07, 6.45) is 1.34. The lowest BCUT2D eigenvalue weighted by Crippen LogP contribution is -2.47. The van der Waals surface area contributed by atoms with Crippen molar-refractivity contribution in [1.82, 2.24) is 19.4 Å². The van der Waals surface area contributed by atoms with Crippen LogP contribution in [0.1, 0.15) is 32.3 Å². The molecule has 2 heterocycles. The fraction of sp³-hybridized carbons (Fsp3) is 0.414. The third-order valence-electron chi connectivity index (χ3n) is 7.21. The Kier molecular flexibility index (Phi) is 9.19. The summed E-state index contributed by atoms with van der Waals surface area (Å²) in [6.45, 7) is 7.97. The van der Waals surface area contributed by atoms with Crippen molar-refractivity contribution in [2.24, 2.45) is 0 Å². The molecule has 39 heavy (non-hydrogen) atoms. The van der Waals surface area contributed by atoms with Gasteiger partial charge in [0.2, 0.25) is 15.9 Å². The standard InChI is InChI=1S/C29H37N5O4S/c1-5-23(3)34(39(36,37)26-13-11-25(38-4)12-14-26)21-29(35)33-18-6-17-32(19-20-33)28-16-15-27(30-31-28)24-9-7-22(2)8-10-24/h7-16,23H,5-6,17-21H2,1-4H3. The molecular weight excluding hydrogens is 514 g/mol. The van der Waals surface area contributed by atoms with E-state index in [1.807, 2.05) is 45.0 Å². The van der Waals surface area contributed by atoms with Crippen molar-refractivity contribution >= 4 is 21.7 Å². The second-order valence-electron chi connectivity index (χ2n) is 9.85. The Bertz CT molecular complexity index is 1350.